The molecule has 1 aliphatic rings. The Labute approximate surface area is 117 Å². The molecule has 6 nitrogen and oxygen atoms in total. The van der Waals surface area contributed by atoms with E-state index < -0.39 is 10.0 Å². The van der Waals surface area contributed by atoms with Gasteiger partial charge in [-0.25, -0.2) is 19.2 Å². The Morgan fingerprint density at radius 2 is 1.80 bits per heavy atom. The predicted octanol–water partition coefficient (Wildman–Crippen LogP) is 1.07. The maximum atomic E-state index is 12.6. The van der Waals surface area contributed by atoms with E-state index in [0.29, 0.717) is 18.9 Å². The Morgan fingerprint density at radius 3 is 2.40 bits per heavy atom. The molecule has 1 aliphatic heterocycles. The molecule has 1 aromatic carbocycles. The summed E-state index contributed by atoms with van der Waals surface area (Å²) in [6, 6.07) is 10.6. The van der Waals surface area contributed by atoms with Crippen LogP contribution in [0.3, 0.4) is 0 Å². The van der Waals surface area contributed by atoms with Gasteiger partial charge in [0.2, 0.25) is 10.0 Å². The van der Waals surface area contributed by atoms with Crippen LogP contribution in [-0.2, 0) is 23.1 Å². The molecule has 2 heterocycles. The van der Waals surface area contributed by atoms with E-state index in [9.17, 15) is 8.42 Å². The summed E-state index contributed by atoms with van der Waals surface area (Å²) in [6.45, 7) is 0.790. The molecule has 2 aromatic rings. The zero-order valence-electron chi connectivity index (χ0n) is 10.7. The number of sulfonamides is 1. The van der Waals surface area contributed by atoms with Gasteiger partial charge in [-0.15, -0.1) is 0 Å². The number of pyridine rings is 1. The number of hydrogen-bond donors (Lipinski definition) is 2. The summed E-state index contributed by atoms with van der Waals surface area (Å²) < 4.78 is 26.7. The van der Waals surface area contributed by atoms with Gasteiger partial charge < -0.3 is 5.43 Å². The Bertz CT molecular complexity index is 721. The van der Waals surface area contributed by atoms with Crippen LogP contribution in [0, 0.1) is 0 Å². The fourth-order valence-corrected chi connectivity index (χ4v) is 3.68. The van der Waals surface area contributed by atoms with E-state index in [4.69, 9.17) is 5.84 Å². The molecule has 104 valence electrons. The molecule has 7 heteroatoms. The van der Waals surface area contributed by atoms with Crippen LogP contribution in [0.15, 0.2) is 47.5 Å². The number of nitrogens with zero attached hydrogens (tertiary/aromatic N) is 2. The predicted molar refractivity (Wildman–Crippen MR) is 74.9 cm³/mol. The lowest BCUT2D eigenvalue weighted by Crippen LogP contribution is -2.26. The number of nitrogen functional groups attached to an aromatic ring is 1. The van der Waals surface area contributed by atoms with E-state index in [1.54, 1.807) is 0 Å². The van der Waals surface area contributed by atoms with Crippen molar-refractivity contribution in [3.05, 3.63) is 53.7 Å². The van der Waals surface area contributed by atoms with Gasteiger partial charge in [-0.1, -0.05) is 24.3 Å². The van der Waals surface area contributed by atoms with Crippen molar-refractivity contribution in [3.63, 3.8) is 0 Å². The lowest BCUT2D eigenvalue weighted by Gasteiger charge is -2.15. The molecule has 0 saturated carbocycles. The van der Waals surface area contributed by atoms with Crippen LogP contribution in [-0.4, -0.2) is 17.7 Å². The van der Waals surface area contributed by atoms with Gasteiger partial charge in [0.15, 0.2) is 0 Å². The van der Waals surface area contributed by atoms with Crippen molar-refractivity contribution in [1.82, 2.24) is 9.29 Å². The van der Waals surface area contributed by atoms with Gasteiger partial charge in [-0.05, 0) is 17.2 Å². The van der Waals surface area contributed by atoms with Crippen LogP contribution in [0.1, 0.15) is 11.1 Å². The molecule has 3 N–H and O–H groups in total. The molecule has 0 atom stereocenters. The van der Waals surface area contributed by atoms with Crippen molar-refractivity contribution in [2.75, 3.05) is 5.43 Å². The molecule has 0 saturated heterocycles. The van der Waals surface area contributed by atoms with Crippen LogP contribution in [0.25, 0.3) is 0 Å². The minimum Gasteiger partial charge on any atom is -0.308 e. The number of aromatic nitrogens is 1. The van der Waals surface area contributed by atoms with E-state index >= 15 is 0 Å². The Morgan fingerprint density at radius 1 is 1.15 bits per heavy atom. The van der Waals surface area contributed by atoms with Crippen molar-refractivity contribution in [1.29, 1.82) is 0 Å². The van der Waals surface area contributed by atoms with Gasteiger partial charge in [0, 0.05) is 25.4 Å². The highest BCUT2D eigenvalue weighted by Gasteiger charge is 2.30. The third-order valence-electron chi connectivity index (χ3n) is 3.33. The van der Waals surface area contributed by atoms with Crippen LogP contribution in [0.5, 0.6) is 0 Å². The molecular formula is C13H14N4O2S. The number of rotatable bonds is 3. The molecule has 1 aromatic heterocycles. The summed E-state index contributed by atoms with van der Waals surface area (Å²) in [6.07, 6.45) is 1.42. The Balaban J connectivity index is 1.94. The quantitative estimate of drug-likeness (QED) is 0.652. The van der Waals surface area contributed by atoms with Crippen LogP contribution in [0.2, 0.25) is 0 Å². The molecular weight excluding hydrogens is 276 g/mol. The molecule has 0 amide bonds. The monoisotopic (exact) mass is 290 g/mol. The van der Waals surface area contributed by atoms with E-state index in [0.717, 1.165) is 11.1 Å². The summed E-state index contributed by atoms with van der Waals surface area (Å²) in [5.41, 5.74) is 4.44. The van der Waals surface area contributed by atoms with Gasteiger partial charge in [-0.3, -0.25) is 0 Å². The minimum absolute atomic E-state index is 0.188. The van der Waals surface area contributed by atoms with Crippen molar-refractivity contribution >= 4 is 15.8 Å². The smallest absolute Gasteiger partial charge is 0.243 e. The van der Waals surface area contributed by atoms with Gasteiger partial charge in [0.25, 0.3) is 0 Å². The molecule has 0 unspecified atom stereocenters. The van der Waals surface area contributed by atoms with Gasteiger partial charge in [-0.2, -0.15) is 4.31 Å². The highest BCUT2D eigenvalue weighted by molar-refractivity contribution is 7.89. The first-order chi connectivity index (χ1) is 9.61. The lowest BCUT2D eigenvalue weighted by atomic mass is 10.1. The zero-order valence-corrected chi connectivity index (χ0v) is 11.5. The molecule has 0 bridgehead atoms. The number of hydrazine groups is 1. The van der Waals surface area contributed by atoms with Crippen LogP contribution >= 0.6 is 0 Å². The molecule has 0 aliphatic carbocycles. The highest BCUT2D eigenvalue weighted by atomic mass is 32.2. The lowest BCUT2D eigenvalue weighted by molar-refractivity contribution is 0.431. The second-order valence-corrected chi connectivity index (χ2v) is 6.50. The average molecular weight is 290 g/mol. The SMILES string of the molecule is NNc1cc(S(=O)(=O)N2Cc3ccccc3C2)ccn1. The topological polar surface area (TPSA) is 88.3 Å². The normalized spacial score (nSPS) is 15.1. The first kappa shape index (κ1) is 13.0. The van der Waals surface area contributed by atoms with Gasteiger partial charge >= 0.3 is 0 Å². The number of nitrogens with two attached hydrogens (primary N) is 1. The maximum Gasteiger partial charge on any atom is 0.243 e. The Hall–Kier alpha value is -1.96. The van der Waals surface area contributed by atoms with Gasteiger partial charge in [0.1, 0.15) is 5.82 Å². The summed E-state index contributed by atoms with van der Waals surface area (Å²) >= 11 is 0. The fourth-order valence-electron chi connectivity index (χ4n) is 2.27. The summed E-state index contributed by atoms with van der Waals surface area (Å²) in [5.74, 6) is 5.59. The molecule has 0 radical (unpaired) electrons. The standard InChI is InChI=1S/C13H14N4O2S/c14-16-13-7-12(5-6-15-13)20(18,19)17-8-10-3-1-2-4-11(10)9-17/h1-7H,8-9,14H2,(H,15,16). The van der Waals surface area contributed by atoms with Crippen LogP contribution < -0.4 is 11.3 Å². The minimum atomic E-state index is -3.54. The number of hydrogen-bond acceptors (Lipinski definition) is 5. The third kappa shape index (κ3) is 2.15. The van der Waals surface area contributed by atoms with Gasteiger partial charge in [0.05, 0.1) is 4.90 Å². The summed E-state index contributed by atoms with van der Waals surface area (Å²) in [7, 11) is -3.54. The number of fused-ring (bicyclic) bond motifs is 1. The third-order valence-corrected chi connectivity index (χ3v) is 5.12. The van der Waals surface area contributed by atoms with Crippen LogP contribution in [0.4, 0.5) is 5.82 Å². The van der Waals surface area contributed by atoms with Crippen molar-refractivity contribution in [2.24, 2.45) is 5.84 Å². The summed E-state index contributed by atoms with van der Waals surface area (Å²) in [5, 5.41) is 0. The second-order valence-electron chi connectivity index (χ2n) is 4.56. The molecule has 3 rings (SSSR count). The van der Waals surface area contributed by atoms with E-state index in [-0.39, 0.29) is 4.90 Å². The first-order valence-electron chi connectivity index (χ1n) is 6.11. The highest BCUT2D eigenvalue weighted by Crippen LogP contribution is 2.28. The molecule has 0 spiro atoms. The summed E-state index contributed by atoms with van der Waals surface area (Å²) in [4.78, 5) is 4.11. The van der Waals surface area contributed by atoms with Crippen molar-refractivity contribution in [2.45, 2.75) is 18.0 Å². The number of nitrogens with one attached hydrogen (secondary N) is 1. The molecule has 20 heavy (non-hydrogen) atoms. The maximum absolute atomic E-state index is 12.6. The zero-order chi connectivity index (χ0) is 14.2. The van der Waals surface area contributed by atoms with E-state index in [2.05, 4.69) is 10.4 Å². The van der Waals surface area contributed by atoms with Crippen molar-refractivity contribution in [3.8, 4) is 0 Å². The Kier molecular flexibility index (Phi) is 3.17. The fraction of sp³-hybridized carbons (Fsp3) is 0.154. The first-order valence-corrected chi connectivity index (χ1v) is 7.55. The number of anilines is 1. The average Bonchev–Trinajstić information content (AvgIpc) is 2.92. The largest absolute Gasteiger partial charge is 0.308 e. The second kappa shape index (κ2) is 4.86. The van der Waals surface area contributed by atoms with E-state index in [1.807, 2.05) is 24.3 Å². The molecule has 0 fully saturated rings. The van der Waals surface area contributed by atoms with Crippen molar-refractivity contribution < 1.29 is 8.42 Å². The van der Waals surface area contributed by atoms with E-state index in [1.165, 1.54) is 22.6 Å². The number of benzene rings is 1.